The average molecular weight is 264 g/mol. The van der Waals surface area contributed by atoms with Crippen LogP contribution in [0.2, 0.25) is 5.02 Å². The number of likely N-dealkylation sites (N-methyl/N-ethyl adjacent to an activating group) is 1. The second kappa shape index (κ2) is 5.59. The minimum Gasteiger partial charge on any atom is -0.465 e. The van der Waals surface area contributed by atoms with Crippen molar-refractivity contribution in [3.8, 4) is 0 Å². The molecule has 2 nitrogen and oxygen atoms in total. The van der Waals surface area contributed by atoms with Gasteiger partial charge < -0.3 is 9.73 Å². The Hall–Kier alpha value is -1.25. The van der Waals surface area contributed by atoms with E-state index in [2.05, 4.69) is 17.4 Å². The summed E-state index contributed by atoms with van der Waals surface area (Å²) >= 11 is 6.26. The molecule has 3 heteroatoms. The Balaban J connectivity index is 2.20. The van der Waals surface area contributed by atoms with Crippen molar-refractivity contribution in [1.82, 2.24) is 5.32 Å². The van der Waals surface area contributed by atoms with Crippen LogP contribution in [-0.4, -0.2) is 7.05 Å². The zero-order chi connectivity index (χ0) is 13.1. The number of aryl methyl sites for hydroxylation is 2. The van der Waals surface area contributed by atoms with Crippen LogP contribution in [-0.2, 0) is 6.42 Å². The van der Waals surface area contributed by atoms with Crippen LogP contribution >= 0.6 is 11.6 Å². The van der Waals surface area contributed by atoms with Crippen LogP contribution in [0.5, 0.6) is 0 Å². The molecule has 0 amide bonds. The van der Waals surface area contributed by atoms with Crippen molar-refractivity contribution >= 4 is 11.6 Å². The zero-order valence-corrected chi connectivity index (χ0v) is 11.7. The summed E-state index contributed by atoms with van der Waals surface area (Å²) in [4.78, 5) is 0. The first-order valence-corrected chi connectivity index (χ1v) is 6.46. The second-order valence-corrected chi connectivity index (χ2v) is 5.00. The summed E-state index contributed by atoms with van der Waals surface area (Å²) in [5.41, 5.74) is 2.31. The third kappa shape index (κ3) is 2.95. The van der Waals surface area contributed by atoms with E-state index in [1.165, 1.54) is 5.56 Å². The molecule has 1 aromatic carbocycles. The Morgan fingerprint density at radius 1 is 1.22 bits per heavy atom. The molecule has 96 valence electrons. The second-order valence-electron chi connectivity index (χ2n) is 4.59. The highest BCUT2D eigenvalue weighted by Crippen LogP contribution is 2.25. The quantitative estimate of drug-likeness (QED) is 0.900. The maximum Gasteiger partial charge on any atom is 0.121 e. The van der Waals surface area contributed by atoms with E-state index < -0.39 is 0 Å². The highest BCUT2D eigenvalue weighted by atomic mass is 35.5. The lowest BCUT2D eigenvalue weighted by Gasteiger charge is -2.15. The van der Waals surface area contributed by atoms with Crippen LogP contribution in [0, 0.1) is 13.8 Å². The van der Waals surface area contributed by atoms with Crippen molar-refractivity contribution in [2.45, 2.75) is 26.3 Å². The van der Waals surface area contributed by atoms with Crippen LogP contribution in [0.1, 0.15) is 28.7 Å². The normalized spacial score (nSPS) is 12.7. The third-order valence-corrected chi connectivity index (χ3v) is 3.44. The molecular weight excluding hydrogens is 246 g/mol. The first kappa shape index (κ1) is 13.2. The van der Waals surface area contributed by atoms with Crippen molar-refractivity contribution in [1.29, 1.82) is 0 Å². The van der Waals surface area contributed by atoms with Crippen molar-refractivity contribution in [3.05, 3.63) is 58.0 Å². The Bertz CT molecular complexity index is 533. The summed E-state index contributed by atoms with van der Waals surface area (Å²) < 4.78 is 5.67. The van der Waals surface area contributed by atoms with Gasteiger partial charge in [-0.05, 0) is 56.6 Å². The molecule has 2 aromatic rings. The van der Waals surface area contributed by atoms with Gasteiger partial charge in [0.2, 0.25) is 0 Å². The molecule has 1 unspecified atom stereocenters. The Kier molecular flexibility index (Phi) is 4.10. The van der Waals surface area contributed by atoms with Crippen LogP contribution in [0.25, 0.3) is 0 Å². The largest absolute Gasteiger partial charge is 0.465 e. The maximum absolute atomic E-state index is 6.26. The van der Waals surface area contributed by atoms with Crippen molar-refractivity contribution < 1.29 is 4.42 Å². The molecular formula is C15H18ClNO. The Morgan fingerprint density at radius 3 is 2.56 bits per heavy atom. The molecule has 18 heavy (non-hydrogen) atoms. The van der Waals surface area contributed by atoms with Gasteiger partial charge >= 0.3 is 0 Å². The summed E-state index contributed by atoms with van der Waals surface area (Å²) in [5.74, 6) is 1.88. The van der Waals surface area contributed by atoms with Crippen molar-refractivity contribution in [2.75, 3.05) is 7.05 Å². The van der Waals surface area contributed by atoms with E-state index in [0.717, 1.165) is 28.5 Å². The molecule has 0 aliphatic carbocycles. The van der Waals surface area contributed by atoms with Gasteiger partial charge in [0.05, 0.1) is 6.04 Å². The number of halogens is 1. The molecule has 1 N–H and O–H groups in total. The molecule has 0 bridgehead atoms. The molecule has 0 radical (unpaired) electrons. The molecule has 1 aromatic heterocycles. The molecule has 0 saturated carbocycles. The van der Waals surface area contributed by atoms with Gasteiger partial charge in [-0.1, -0.05) is 23.7 Å². The standard InChI is InChI=1S/C15H18ClNO/c1-10-4-6-12(13(16)8-10)9-14(17-3)15-7-5-11(2)18-15/h4-8,14,17H,9H2,1-3H3. The fourth-order valence-corrected chi connectivity index (χ4v) is 2.34. The van der Waals surface area contributed by atoms with Crippen LogP contribution in [0.4, 0.5) is 0 Å². The summed E-state index contributed by atoms with van der Waals surface area (Å²) in [6.07, 6.45) is 0.822. The van der Waals surface area contributed by atoms with Crippen LogP contribution in [0.15, 0.2) is 34.7 Å². The molecule has 0 fully saturated rings. The summed E-state index contributed by atoms with van der Waals surface area (Å²) in [7, 11) is 1.94. The van der Waals surface area contributed by atoms with Gasteiger partial charge in [-0.2, -0.15) is 0 Å². The van der Waals surface area contributed by atoms with Gasteiger partial charge in [0.25, 0.3) is 0 Å². The van der Waals surface area contributed by atoms with Crippen molar-refractivity contribution in [3.63, 3.8) is 0 Å². The first-order valence-electron chi connectivity index (χ1n) is 6.09. The molecule has 0 aliphatic rings. The number of hydrogen-bond donors (Lipinski definition) is 1. The van der Waals surface area contributed by atoms with Gasteiger partial charge in [-0.25, -0.2) is 0 Å². The predicted molar refractivity (Wildman–Crippen MR) is 75.1 cm³/mol. The third-order valence-electron chi connectivity index (χ3n) is 3.09. The minimum absolute atomic E-state index is 0.152. The van der Waals surface area contributed by atoms with E-state index >= 15 is 0 Å². The fraction of sp³-hybridized carbons (Fsp3) is 0.333. The van der Waals surface area contributed by atoms with E-state index in [1.807, 2.05) is 39.1 Å². The number of rotatable bonds is 4. The van der Waals surface area contributed by atoms with E-state index in [-0.39, 0.29) is 6.04 Å². The van der Waals surface area contributed by atoms with E-state index in [4.69, 9.17) is 16.0 Å². The maximum atomic E-state index is 6.26. The highest BCUT2D eigenvalue weighted by Gasteiger charge is 2.15. The Labute approximate surface area is 113 Å². The molecule has 1 atom stereocenters. The van der Waals surface area contributed by atoms with E-state index in [9.17, 15) is 0 Å². The van der Waals surface area contributed by atoms with Crippen LogP contribution < -0.4 is 5.32 Å². The molecule has 0 saturated heterocycles. The number of benzene rings is 1. The molecule has 0 aliphatic heterocycles. The topological polar surface area (TPSA) is 25.2 Å². The minimum atomic E-state index is 0.152. The first-order chi connectivity index (χ1) is 8.60. The summed E-state index contributed by atoms with van der Waals surface area (Å²) in [6.45, 7) is 4.00. The molecule has 0 spiro atoms. The smallest absolute Gasteiger partial charge is 0.121 e. The Morgan fingerprint density at radius 2 is 2.00 bits per heavy atom. The lowest BCUT2D eigenvalue weighted by Crippen LogP contribution is -2.18. The lowest BCUT2D eigenvalue weighted by atomic mass is 10.0. The van der Waals surface area contributed by atoms with E-state index in [1.54, 1.807) is 0 Å². The SMILES string of the molecule is CNC(Cc1ccc(C)cc1Cl)c1ccc(C)o1. The summed E-state index contributed by atoms with van der Waals surface area (Å²) in [6, 6.07) is 10.3. The molecule has 1 heterocycles. The fourth-order valence-electron chi connectivity index (χ4n) is 2.02. The number of hydrogen-bond acceptors (Lipinski definition) is 2. The van der Waals surface area contributed by atoms with Gasteiger partial charge in [0, 0.05) is 5.02 Å². The predicted octanol–water partition coefficient (Wildman–Crippen LogP) is 4.05. The number of furan rings is 1. The highest BCUT2D eigenvalue weighted by molar-refractivity contribution is 6.31. The average Bonchev–Trinajstić information content (AvgIpc) is 2.75. The van der Waals surface area contributed by atoms with Crippen LogP contribution in [0.3, 0.4) is 0 Å². The van der Waals surface area contributed by atoms with Gasteiger partial charge in [0.1, 0.15) is 11.5 Å². The summed E-state index contributed by atoms with van der Waals surface area (Å²) in [5, 5.41) is 4.09. The number of nitrogens with one attached hydrogen (secondary N) is 1. The zero-order valence-electron chi connectivity index (χ0n) is 11.0. The van der Waals surface area contributed by atoms with Gasteiger partial charge in [0.15, 0.2) is 0 Å². The van der Waals surface area contributed by atoms with E-state index in [0.29, 0.717) is 0 Å². The monoisotopic (exact) mass is 263 g/mol. The van der Waals surface area contributed by atoms with Crippen molar-refractivity contribution in [2.24, 2.45) is 0 Å². The van der Waals surface area contributed by atoms with Gasteiger partial charge in [-0.15, -0.1) is 0 Å². The molecule has 2 rings (SSSR count). The lowest BCUT2D eigenvalue weighted by molar-refractivity contribution is 0.414. The van der Waals surface area contributed by atoms with Gasteiger partial charge in [-0.3, -0.25) is 0 Å².